The first-order valence-electron chi connectivity index (χ1n) is 10.8. The van der Waals surface area contributed by atoms with Crippen LogP contribution in [0.2, 0.25) is 0 Å². The van der Waals surface area contributed by atoms with E-state index in [1.807, 2.05) is 36.9 Å². The average molecular weight is 455 g/mol. The number of nitrogens with zero attached hydrogens (tertiary/aromatic N) is 1. The lowest BCUT2D eigenvalue weighted by Gasteiger charge is -2.35. The Morgan fingerprint density at radius 3 is 2.23 bits per heavy atom. The van der Waals surface area contributed by atoms with Crippen LogP contribution in [-0.4, -0.2) is 68.7 Å². The number of methoxy groups -OCH3 is 2. The fourth-order valence-corrected chi connectivity index (χ4v) is 3.83. The van der Waals surface area contributed by atoms with Crippen molar-refractivity contribution in [2.75, 3.05) is 40.5 Å². The molecule has 7 nitrogen and oxygen atoms in total. The van der Waals surface area contributed by atoms with Gasteiger partial charge < -0.3 is 29.2 Å². The predicted molar refractivity (Wildman–Crippen MR) is 127 cm³/mol. The molecule has 1 rings (SSSR count). The first-order valence-corrected chi connectivity index (χ1v) is 11.2. The van der Waals surface area contributed by atoms with Gasteiger partial charge in [-0.3, -0.25) is 4.79 Å². The van der Waals surface area contributed by atoms with Gasteiger partial charge in [-0.05, 0) is 43.9 Å². The van der Waals surface area contributed by atoms with Crippen molar-refractivity contribution < 1.29 is 23.7 Å². The molecule has 0 aliphatic heterocycles. The minimum Gasteiger partial charge on any atom is -0.490 e. The van der Waals surface area contributed by atoms with Gasteiger partial charge in [0.25, 0.3) is 0 Å². The van der Waals surface area contributed by atoms with Crippen LogP contribution in [-0.2, 0) is 20.7 Å². The van der Waals surface area contributed by atoms with Gasteiger partial charge in [-0.25, -0.2) is 0 Å². The van der Waals surface area contributed by atoms with Crippen molar-refractivity contribution >= 4 is 23.1 Å². The van der Waals surface area contributed by atoms with Gasteiger partial charge in [0.1, 0.15) is 0 Å². The minimum absolute atomic E-state index is 0.0196. The zero-order valence-corrected chi connectivity index (χ0v) is 20.7. The zero-order valence-electron chi connectivity index (χ0n) is 19.9. The van der Waals surface area contributed by atoms with E-state index in [2.05, 4.69) is 19.2 Å². The van der Waals surface area contributed by atoms with E-state index in [0.29, 0.717) is 37.7 Å². The van der Waals surface area contributed by atoms with Crippen molar-refractivity contribution in [3.05, 3.63) is 23.8 Å². The van der Waals surface area contributed by atoms with E-state index >= 15 is 0 Å². The summed E-state index contributed by atoms with van der Waals surface area (Å²) in [6.45, 7) is 11.7. The Balaban J connectivity index is 2.95. The molecule has 1 aromatic rings. The maximum Gasteiger partial charge on any atom is 0.220 e. The normalized spacial score (nSPS) is 12.0. The highest BCUT2D eigenvalue weighted by Crippen LogP contribution is 2.29. The topological polar surface area (TPSA) is 69.3 Å². The summed E-state index contributed by atoms with van der Waals surface area (Å²) in [4.78, 5) is 14.9. The smallest absolute Gasteiger partial charge is 0.220 e. The second-order valence-electron chi connectivity index (χ2n) is 7.44. The summed E-state index contributed by atoms with van der Waals surface area (Å²) in [5, 5.41) is 3.20. The molecule has 0 spiro atoms. The number of carbonyl (C=O) groups is 1. The summed E-state index contributed by atoms with van der Waals surface area (Å²) in [5.41, 5.74) is 1.07. The van der Waals surface area contributed by atoms with Crippen molar-refractivity contribution in [1.29, 1.82) is 0 Å². The minimum atomic E-state index is -0.405. The number of thiocarbonyl (C=S) groups is 1. The Labute approximate surface area is 192 Å². The van der Waals surface area contributed by atoms with Gasteiger partial charge in [0.2, 0.25) is 5.91 Å². The molecule has 0 saturated carbocycles. The highest BCUT2D eigenvalue weighted by Gasteiger charge is 2.28. The molecule has 1 N–H and O–H groups in total. The molecular formula is C23H38N2O5S. The quantitative estimate of drug-likeness (QED) is 0.341. The van der Waals surface area contributed by atoms with Gasteiger partial charge in [0.05, 0.1) is 30.8 Å². The standard InChI is InChI=1S/C23H38N2O5S/c1-8-29-19-11-10-18(14-20(19)30-9-2)12-13-25(17(5)26)22(16(3)4)23(31)24-15-21(27-6)28-7/h10-11,14,16,21-22H,8-9,12-13,15H2,1-7H3,(H,24,31). The van der Waals surface area contributed by atoms with Crippen LogP contribution in [0.5, 0.6) is 11.5 Å². The number of benzene rings is 1. The molecule has 0 fully saturated rings. The molecule has 1 unspecified atom stereocenters. The molecule has 0 radical (unpaired) electrons. The Bertz CT molecular complexity index is 695. The summed E-state index contributed by atoms with van der Waals surface area (Å²) >= 11 is 5.64. The number of ether oxygens (including phenoxy) is 4. The van der Waals surface area contributed by atoms with Crippen LogP contribution in [0.3, 0.4) is 0 Å². The monoisotopic (exact) mass is 454 g/mol. The van der Waals surface area contributed by atoms with E-state index in [9.17, 15) is 4.79 Å². The first kappa shape index (κ1) is 27.1. The second kappa shape index (κ2) is 14.2. The highest BCUT2D eigenvalue weighted by molar-refractivity contribution is 7.80. The van der Waals surface area contributed by atoms with Crippen LogP contribution in [0.4, 0.5) is 0 Å². The first-order chi connectivity index (χ1) is 14.8. The molecule has 0 bridgehead atoms. The van der Waals surface area contributed by atoms with E-state index in [-0.39, 0.29) is 17.9 Å². The summed E-state index contributed by atoms with van der Waals surface area (Å²) < 4.78 is 21.8. The number of amides is 1. The van der Waals surface area contributed by atoms with Crippen LogP contribution in [0.1, 0.15) is 40.2 Å². The molecule has 0 aliphatic rings. The van der Waals surface area contributed by atoms with Gasteiger partial charge in [0.15, 0.2) is 17.8 Å². The van der Waals surface area contributed by atoms with Crippen molar-refractivity contribution in [3.8, 4) is 11.5 Å². The Hall–Kier alpha value is -1.90. The lowest BCUT2D eigenvalue weighted by molar-refractivity contribution is -0.130. The Morgan fingerprint density at radius 1 is 1.10 bits per heavy atom. The van der Waals surface area contributed by atoms with Crippen molar-refractivity contribution in [3.63, 3.8) is 0 Å². The van der Waals surface area contributed by atoms with E-state index in [0.717, 1.165) is 17.1 Å². The van der Waals surface area contributed by atoms with Gasteiger partial charge >= 0.3 is 0 Å². The fraction of sp³-hybridized carbons (Fsp3) is 0.652. The SMILES string of the molecule is CCOc1ccc(CCN(C(C)=O)C(C(=S)NCC(OC)OC)C(C)C)cc1OCC. The molecule has 8 heteroatoms. The molecule has 0 heterocycles. The molecule has 1 aromatic carbocycles. The van der Waals surface area contributed by atoms with E-state index in [4.69, 9.17) is 31.2 Å². The molecule has 176 valence electrons. The van der Waals surface area contributed by atoms with Crippen LogP contribution in [0.25, 0.3) is 0 Å². The van der Waals surface area contributed by atoms with Crippen LogP contribution >= 0.6 is 12.2 Å². The van der Waals surface area contributed by atoms with Gasteiger partial charge in [-0.1, -0.05) is 32.1 Å². The Morgan fingerprint density at radius 2 is 1.71 bits per heavy atom. The lowest BCUT2D eigenvalue weighted by atomic mass is 10.0. The van der Waals surface area contributed by atoms with E-state index in [1.165, 1.54) is 0 Å². The maximum absolute atomic E-state index is 12.5. The molecule has 0 aromatic heterocycles. The molecule has 0 saturated heterocycles. The lowest BCUT2D eigenvalue weighted by Crippen LogP contribution is -2.52. The predicted octanol–water partition coefficient (Wildman–Crippen LogP) is 3.44. The van der Waals surface area contributed by atoms with Crippen molar-refractivity contribution in [2.24, 2.45) is 5.92 Å². The van der Waals surface area contributed by atoms with Crippen LogP contribution in [0.15, 0.2) is 18.2 Å². The van der Waals surface area contributed by atoms with E-state index in [1.54, 1.807) is 21.1 Å². The number of carbonyl (C=O) groups excluding carboxylic acids is 1. The van der Waals surface area contributed by atoms with Crippen LogP contribution in [0, 0.1) is 5.92 Å². The molecule has 1 atom stereocenters. The average Bonchev–Trinajstić information content (AvgIpc) is 2.73. The summed E-state index contributed by atoms with van der Waals surface area (Å²) in [7, 11) is 3.15. The van der Waals surface area contributed by atoms with Gasteiger partial charge in [0, 0.05) is 27.7 Å². The largest absolute Gasteiger partial charge is 0.490 e. The van der Waals surface area contributed by atoms with Gasteiger partial charge in [-0.2, -0.15) is 0 Å². The summed E-state index contributed by atoms with van der Waals surface area (Å²) in [6, 6.07) is 5.68. The zero-order chi connectivity index (χ0) is 23.4. The fourth-order valence-electron chi connectivity index (χ4n) is 3.35. The van der Waals surface area contributed by atoms with Crippen LogP contribution < -0.4 is 14.8 Å². The summed E-state index contributed by atoms with van der Waals surface area (Å²) in [6.07, 6.45) is 0.272. The van der Waals surface area contributed by atoms with Gasteiger partial charge in [-0.15, -0.1) is 0 Å². The Kier molecular flexibility index (Phi) is 12.4. The van der Waals surface area contributed by atoms with Crippen molar-refractivity contribution in [1.82, 2.24) is 10.2 Å². The molecule has 1 amide bonds. The third kappa shape index (κ3) is 8.63. The maximum atomic E-state index is 12.5. The highest BCUT2D eigenvalue weighted by atomic mass is 32.1. The molecular weight excluding hydrogens is 416 g/mol. The second-order valence-corrected chi connectivity index (χ2v) is 7.88. The third-order valence-corrected chi connectivity index (χ3v) is 5.24. The molecule has 31 heavy (non-hydrogen) atoms. The third-order valence-electron chi connectivity index (χ3n) is 4.86. The molecule has 0 aliphatic carbocycles. The number of hydrogen-bond acceptors (Lipinski definition) is 6. The number of nitrogens with one attached hydrogen (secondary N) is 1. The van der Waals surface area contributed by atoms with E-state index < -0.39 is 6.29 Å². The van der Waals surface area contributed by atoms with Crippen molar-refractivity contribution in [2.45, 2.75) is 53.4 Å². The number of hydrogen-bond donors (Lipinski definition) is 1. The number of rotatable bonds is 14. The summed E-state index contributed by atoms with van der Waals surface area (Å²) in [5.74, 6) is 1.58.